The molecule has 0 amide bonds. The van der Waals surface area contributed by atoms with Gasteiger partial charge in [-0.15, -0.1) is 0 Å². The molecule has 0 spiro atoms. The summed E-state index contributed by atoms with van der Waals surface area (Å²) in [7, 11) is 2.25. The molecule has 3 aromatic carbocycles. The average molecular weight is 535 g/mol. The molecular weight excluding hydrogens is 504 g/mol. The third-order valence-corrected chi connectivity index (χ3v) is 7.98. The fraction of sp³-hybridized carbons (Fsp3) is 0.345. The maximum absolute atomic E-state index is 11.1. The Morgan fingerprint density at radius 2 is 1.46 bits per heavy atom. The molecule has 2 bridgehead atoms. The van der Waals surface area contributed by atoms with E-state index in [9.17, 15) is 4.79 Å². The van der Waals surface area contributed by atoms with E-state index in [0.717, 1.165) is 29.1 Å². The minimum atomic E-state index is -0.868. The van der Waals surface area contributed by atoms with Crippen LogP contribution in [0.25, 0.3) is 0 Å². The minimum absolute atomic E-state index is 0.352. The number of rotatable bonds is 8. The van der Waals surface area contributed by atoms with Crippen molar-refractivity contribution in [3.05, 3.63) is 94.0 Å². The van der Waals surface area contributed by atoms with Crippen LogP contribution in [-0.4, -0.2) is 46.0 Å². The third-order valence-electron chi connectivity index (χ3n) is 7.45. The summed E-state index contributed by atoms with van der Waals surface area (Å²) < 4.78 is 6.99. The van der Waals surface area contributed by atoms with Gasteiger partial charge in [0.15, 0.2) is 0 Å². The summed E-state index contributed by atoms with van der Waals surface area (Å²) in [4.78, 5) is 16.3. The van der Waals surface area contributed by atoms with Gasteiger partial charge in [0.05, 0.1) is 5.56 Å². The molecule has 2 saturated heterocycles. The first-order valence-corrected chi connectivity index (χ1v) is 13.0. The molecule has 2 aliphatic heterocycles. The van der Waals surface area contributed by atoms with Crippen LogP contribution in [0.3, 0.4) is 0 Å². The number of halogens is 1. The first-order valence-electron chi connectivity index (χ1n) is 12.2. The minimum Gasteiger partial charge on any atom is -0.478 e. The normalized spacial score (nSPS) is 21.9. The van der Waals surface area contributed by atoms with Crippen molar-refractivity contribution in [3.63, 3.8) is 0 Å². The number of carbonyl (C=O) groups is 1. The molecule has 0 radical (unpaired) electrons. The molecule has 1 unspecified atom stereocenters. The number of hydrogen-bond donors (Lipinski definition) is 1. The second-order valence-corrected chi connectivity index (χ2v) is 10.7. The lowest BCUT2D eigenvalue weighted by atomic mass is 9.95. The molecule has 6 heteroatoms. The quantitative estimate of drug-likeness (QED) is 0.354. The SMILES string of the molecule is CN(Cc1ccc(Oc2ccc(Br)cc2)cc1)C1C[C@H]2CC[C@@H](C1)N2Cc1ccc(C(=O)O)cc1. The standard InChI is InChI=1S/C29H31BrN2O3/c1-31(18-20-4-12-27(13-5-20)35-28-14-8-23(30)9-15-28)26-16-24-10-11-25(17-26)32(24)19-21-2-6-22(7-3-21)29(33)34/h2-9,12-15,24-26H,10-11,16-19H2,1H3,(H,33,34)/t24-,25+,26?. The zero-order valence-corrected chi connectivity index (χ0v) is 21.5. The van der Waals surface area contributed by atoms with E-state index < -0.39 is 5.97 Å². The number of aromatic carboxylic acids is 1. The summed E-state index contributed by atoms with van der Waals surface area (Å²) in [5.41, 5.74) is 2.85. The Bertz CT molecular complexity index is 1130. The highest BCUT2D eigenvalue weighted by Gasteiger charge is 2.41. The van der Waals surface area contributed by atoms with Crippen molar-refractivity contribution in [2.75, 3.05) is 7.05 Å². The smallest absolute Gasteiger partial charge is 0.335 e. The van der Waals surface area contributed by atoms with Crippen molar-refractivity contribution in [2.45, 2.75) is 56.9 Å². The van der Waals surface area contributed by atoms with Gasteiger partial charge in [0.1, 0.15) is 11.5 Å². The molecule has 5 rings (SSSR count). The summed E-state index contributed by atoms with van der Waals surface area (Å²) in [6.07, 6.45) is 4.88. The second-order valence-electron chi connectivity index (χ2n) is 9.80. The summed E-state index contributed by atoms with van der Waals surface area (Å²) in [5, 5.41) is 9.14. The van der Waals surface area contributed by atoms with Crippen LogP contribution < -0.4 is 4.74 Å². The van der Waals surface area contributed by atoms with Crippen LogP contribution in [0.1, 0.15) is 47.2 Å². The maximum atomic E-state index is 11.1. The molecule has 0 saturated carbocycles. The van der Waals surface area contributed by atoms with Crippen molar-refractivity contribution in [1.29, 1.82) is 0 Å². The number of piperidine rings is 1. The van der Waals surface area contributed by atoms with E-state index in [1.54, 1.807) is 12.1 Å². The van der Waals surface area contributed by atoms with Crippen LogP contribution in [0.5, 0.6) is 11.5 Å². The fourth-order valence-corrected chi connectivity index (χ4v) is 5.81. The highest BCUT2D eigenvalue weighted by Crippen LogP contribution is 2.38. The Balaban J connectivity index is 1.15. The number of fused-ring (bicyclic) bond motifs is 2. The summed E-state index contributed by atoms with van der Waals surface area (Å²) in [5.74, 6) is 0.812. The van der Waals surface area contributed by atoms with Gasteiger partial charge in [-0.25, -0.2) is 4.79 Å². The molecule has 35 heavy (non-hydrogen) atoms. The third kappa shape index (κ3) is 5.77. The van der Waals surface area contributed by atoms with Gasteiger partial charge >= 0.3 is 5.97 Å². The molecule has 2 fully saturated rings. The van der Waals surface area contributed by atoms with Crippen LogP contribution >= 0.6 is 15.9 Å². The Morgan fingerprint density at radius 1 is 0.914 bits per heavy atom. The number of carboxylic acids is 1. The largest absolute Gasteiger partial charge is 0.478 e. The first-order chi connectivity index (χ1) is 16.9. The van der Waals surface area contributed by atoms with E-state index in [1.165, 1.54) is 36.8 Å². The summed E-state index contributed by atoms with van der Waals surface area (Å²) in [6, 6.07) is 25.4. The molecule has 2 aliphatic rings. The average Bonchev–Trinajstić information content (AvgIpc) is 3.08. The van der Waals surface area contributed by atoms with E-state index in [4.69, 9.17) is 9.84 Å². The van der Waals surface area contributed by atoms with Gasteiger partial charge in [-0.3, -0.25) is 9.80 Å². The van der Waals surface area contributed by atoms with Crippen LogP contribution in [0.2, 0.25) is 0 Å². The zero-order chi connectivity index (χ0) is 24.4. The van der Waals surface area contributed by atoms with Crippen molar-refractivity contribution in [3.8, 4) is 11.5 Å². The van der Waals surface area contributed by atoms with Gasteiger partial charge in [0.2, 0.25) is 0 Å². The highest BCUT2D eigenvalue weighted by atomic mass is 79.9. The van der Waals surface area contributed by atoms with Gasteiger partial charge in [0, 0.05) is 35.7 Å². The number of hydrogen-bond acceptors (Lipinski definition) is 4. The Hall–Kier alpha value is -2.67. The Kier molecular flexibility index (Phi) is 7.23. The Morgan fingerprint density at radius 3 is 2.03 bits per heavy atom. The van der Waals surface area contributed by atoms with E-state index in [-0.39, 0.29) is 0 Å². The predicted octanol–water partition coefficient (Wildman–Crippen LogP) is 6.57. The molecular formula is C29H31BrN2O3. The van der Waals surface area contributed by atoms with Crippen molar-refractivity contribution in [1.82, 2.24) is 9.80 Å². The van der Waals surface area contributed by atoms with Crippen LogP contribution in [-0.2, 0) is 13.1 Å². The molecule has 1 N–H and O–H groups in total. The number of nitrogens with zero attached hydrogens (tertiary/aromatic N) is 2. The molecule has 2 heterocycles. The van der Waals surface area contributed by atoms with Crippen LogP contribution in [0, 0.1) is 0 Å². The van der Waals surface area contributed by atoms with E-state index in [0.29, 0.717) is 23.7 Å². The Labute approximate surface area is 215 Å². The summed E-state index contributed by atoms with van der Waals surface area (Å²) >= 11 is 3.45. The molecule has 5 nitrogen and oxygen atoms in total. The highest BCUT2D eigenvalue weighted by molar-refractivity contribution is 9.10. The van der Waals surface area contributed by atoms with Gasteiger partial charge in [-0.1, -0.05) is 40.2 Å². The van der Waals surface area contributed by atoms with E-state index in [1.807, 2.05) is 48.5 Å². The predicted molar refractivity (Wildman–Crippen MR) is 141 cm³/mol. The monoisotopic (exact) mass is 534 g/mol. The molecule has 3 aromatic rings. The van der Waals surface area contributed by atoms with Gasteiger partial charge < -0.3 is 9.84 Å². The summed E-state index contributed by atoms with van der Waals surface area (Å²) in [6.45, 7) is 1.84. The van der Waals surface area contributed by atoms with Crippen LogP contribution in [0.4, 0.5) is 0 Å². The molecule has 182 valence electrons. The zero-order valence-electron chi connectivity index (χ0n) is 19.9. The van der Waals surface area contributed by atoms with Crippen molar-refractivity contribution in [2.24, 2.45) is 0 Å². The van der Waals surface area contributed by atoms with Gasteiger partial charge in [-0.2, -0.15) is 0 Å². The van der Waals surface area contributed by atoms with E-state index in [2.05, 4.69) is 44.9 Å². The maximum Gasteiger partial charge on any atom is 0.335 e. The molecule has 0 aliphatic carbocycles. The van der Waals surface area contributed by atoms with Crippen molar-refractivity contribution >= 4 is 21.9 Å². The van der Waals surface area contributed by atoms with Gasteiger partial charge in [0.25, 0.3) is 0 Å². The lowest BCUT2D eigenvalue weighted by Crippen LogP contribution is -2.48. The fourth-order valence-electron chi connectivity index (χ4n) is 5.55. The van der Waals surface area contributed by atoms with Crippen molar-refractivity contribution < 1.29 is 14.6 Å². The van der Waals surface area contributed by atoms with Gasteiger partial charge in [-0.05, 0) is 92.4 Å². The lowest BCUT2D eigenvalue weighted by Gasteiger charge is -2.42. The topological polar surface area (TPSA) is 53.0 Å². The number of ether oxygens (including phenoxy) is 1. The second kappa shape index (κ2) is 10.5. The number of carboxylic acid groups (broad SMARTS) is 1. The first kappa shape index (κ1) is 24.0. The molecule has 3 atom stereocenters. The van der Waals surface area contributed by atoms with Crippen LogP contribution in [0.15, 0.2) is 77.3 Å². The lowest BCUT2D eigenvalue weighted by molar-refractivity contribution is 0.0621. The molecule has 0 aromatic heterocycles. The van der Waals surface area contributed by atoms with E-state index >= 15 is 0 Å². The number of benzene rings is 3.